The van der Waals surface area contributed by atoms with Crippen LogP contribution < -0.4 is 10.2 Å². The van der Waals surface area contributed by atoms with Crippen molar-refractivity contribution in [1.29, 1.82) is 0 Å². The van der Waals surface area contributed by atoms with E-state index in [1.807, 2.05) is 60.7 Å². The Kier molecular flexibility index (Phi) is 11.2. The van der Waals surface area contributed by atoms with Crippen LogP contribution in [0, 0.1) is 0 Å². The molecule has 4 nitrogen and oxygen atoms in total. The molecular formula is C26H18Br2N2O2Zn. The van der Waals surface area contributed by atoms with Crippen molar-refractivity contribution in [2.75, 3.05) is 0 Å². The van der Waals surface area contributed by atoms with E-state index in [9.17, 15) is 10.2 Å². The van der Waals surface area contributed by atoms with Crippen LogP contribution in [-0.2, 0) is 19.5 Å². The normalized spacial score (nSPS) is 10.5. The third-order valence-corrected chi connectivity index (χ3v) is 5.25. The van der Waals surface area contributed by atoms with Crippen molar-refractivity contribution < 1.29 is 29.7 Å². The summed E-state index contributed by atoms with van der Waals surface area (Å²) in [5.41, 5.74) is 2.86. The number of nitrogens with zero attached hydrogens (tertiary/aromatic N) is 2. The molecule has 0 aliphatic heterocycles. The Hall–Kier alpha value is -2.60. The van der Waals surface area contributed by atoms with Crippen LogP contribution in [0.25, 0.3) is 0 Å². The first kappa shape index (κ1) is 26.7. The topological polar surface area (TPSA) is 70.8 Å². The zero-order valence-electron chi connectivity index (χ0n) is 17.6. The Balaban J connectivity index is 0.000000227. The van der Waals surface area contributed by atoms with Crippen molar-refractivity contribution in [2.24, 2.45) is 9.98 Å². The van der Waals surface area contributed by atoms with E-state index in [0.29, 0.717) is 11.1 Å². The van der Waals surface area contributed by atoms with Crippen molar-refractivity contribution in [3.8, 4) is 11.5 Å². The Morgan fingerprint density at radius 3 is 1.18 bits per heavy atom. The summed E-state index contributed by atoms with van der Waals surface area (Å²) >= 11 is 6.70. The first-order valence-electron chi connectivity index (χ1n) is 9.62. The van der Waals surface area contributed by atoms with Crippen molar-refractivity contribution in [3.05, 3.63) is 117 Å². The van der Waals surface area contributed by atoms with Gasteiger partial charge in [-0.1, -0.05) is 80.4 Å². The second-order valence-electron chi connectivity index (χ2n) is 6.54. The van der Waals surface area contributed by atoms with Gasteiger partial charge in [0.05, 0.1) is 11.4 Å². The van der Waals surface area contributed by atoms with Crippen LogP contribution in [0.15, 0.2) is 116 Å². The summed E-state index contributed by atoms with van der Waals surface area (Å²) < 4.78 is 2.02. The summed E-state index contributed by atoms with van der Waals surface area (Å²) in [5, 5.41) is 22.8. The summed E-state index contributed by atoms with van der Waals surface area (Å²) in [5.74, 6) is -0.0216. The standard InChI is InChI=1S/2C13H10BrNO.Zn/c2*14-11-5-7-12(8-6-11)15-9-10-3-1-2-4-13(10)16;/h2*1-9,16H;/q;;+2/p-2. The number of benzene rings is 4. The first-order valence-corrected chi connectivity index (χ1v) is 11.2. The molecule has 0 aliphatic rings. The largest absolute Gasteiger partial charge is 2.00 e. The molecule has 4 rings (SSSR count). The minimum atomic E-state index is -0.0108. The molecule has 0 N–H and O–H groups in total. The Morgan fingerprint density at radius 2 is 0.848 bits per heavy atom. The smallest absolute Gasteiger partial charge is 0.872 e. The second-order valence-corrected chi connectivity index (χ2v) is 8.38. The molecule has 4 aromatic rings. The van der Waals surface area contributed by atoms with Gasteiger partial charge in [0, 0.05) is 21.4 Å². The maximum atomic E-state index is 11.4. The van der Waals surface area contributed by atoms with E-state index in [0.717, 1.165) is 20.3 Å². The third kappa shape index (κ3) is 9.05. The number of aliphatic imine (C=N–C) groups is 2. The summed E-state index contributed by atoms with van der Waals surface area (Å²) in [6, 6.07) is 28.8. The van der Waals surface area contributed by atoms with Crippen molar-refractivity contribution in [3.63, 3.8) is 0 Å². The second kappa shape index (κ2) is 13.8. The summed E-state index contributed by atoms with van der Waals surface area (Å²) in [4.78, 5) is 8.47. The molecule has 0 saturated carbocycles. The minimum absolute atomic E-state index is 0. The predicted molar refractivity (Wildman–Crippen MR) is 135 cm³/mol. The summed E-state index contributed by atoms with van der Waals surface area (Å²) in [6.45, 7) is 0. The van der Waals surface area contributed by atoms with Gasteiger partial charge in [0.2, 0.25) is 0 Å². The van der Waals surface area contributed by atoms with E-state index in [1.54, 1.807) is 36.7 Å². The number of hydrogen-bond donors (Lipinski definition) is 0. The molecular weight excluding hydrogens is 597 g/mol. The molecule has 0 radical (unpaired) electrons. The summed E-state index contributed by atoms with van der Waals surface area (Å²) in [7, 11) is 0. The zero-order valence-corrected chi connectivity index (χ0v) is 23.7. The quantitative estimate of drug-likeness (QED) is 0.193. The number of hydrogen-bond acceptors (Lipinski definition) is 4. The van der Waals surface area contributed by atoms with Gasteiger partial charge in [0.25, 0.3) is 0 Å². The number of para-hydroxylation sites is 2. The maximum absolute atomic E-state index is 11.4. The number of rotatable bonds is 4. The molecule has 7 heteroatoms. The van der Waals surface area contributed by atoms with E-state index >= 15 is 0 Å². The minimum Gasteiger partial charge on any atom is -0.872 e. The fourth-order valence-corrected chi connectivity index (χ4v) is 3.05. The molecule has 160 valence electrons. The Bertz CT molecular complexity index is 1110. The van der Waals surface area contributed by atoms with Crippen molar-refractivity contribution in [1.82, 2.24) is 0 Å². The van der Waals surface area contributed by atoms with Gasteiger partial charge in [-0.3, -0.25) is 9.98 Å². The van der Waals surface area contributed by atoms with Crippen LogP contribution in [0.3, 0.4) is 0 Å². The molecule has 0 heterocycles. The predicted octanol–water partition coefficient (Wildman–Crippen LogP) is 6.54. The molecule has 0 spiro atoms. The van der Waals surface area contributed by atoms with E-state index in [4.69, 9.17) is 0 Å². The average Bonchev–Trinajstić information content (AvgIpc) is 2.81. The van der Waals surface area contributed by atoms with Crippen LogP contribution >= 0.6 is 31.9 Å². The van der Waals surface area contributed by atoms with Gasteiger partial charge in [-0.05, 0) is 59.7 Å². The maximum Gasteiger partial charge on any atom is 2.00 e. The third-order valence-electron chi connectivity index (χ3n) is 4.20. The van der Waals surface area contributed by atoms with Crippen LogP contribution in [0.4, 0.5) is 11.4 Å². The average molecular weight is 616 g/mol. The molecule has 4 aromatic carbocycles. The molecule has 0 unspecified atom stereocenters. The van der Waals surface area contributed by atoms with Crippen LogP contribution in [0.2, 0.25) is 0 Å². The van der Waals surface area contributed by atoms with E-state index in [1.165, 1.54) is 12.1 Å². The van der Waals surface area contributed by atoms with E-state index < -0.39 is 0 Å². The SMILES string of the molecule is [O-]c1ccccc1C=Nc1ccc(Br)cc1.[O-]c1ccccc1C=Nc1ccc(Br)cc1.[Zn+2]. The molecule has 0 fully saturated rings. The van der Waals surface area contributed by atoms with Crippen molar-refractivity contribution >= 4 is 55.7 Å². The van der Waals surface area contributed by atoms with Crippen LogP contribution in [0.5, 0.6) is 11.5 Å². The fourth-order valence-electron chi connectivity index (χ4n) is 2.52. The molecule has 0 aromatic heterocycles. The van der Waals surface area contributed by atoms with Gasteiger partial charge < -0.3 is 10.2 Å². The monoisotopic (exact) mass is 612 g/mol. The van der Waals surface area contributed by atoms with Crippen molar-refractivity contribution in [2.45, 2.75) is 0 Å². The molecule has 0 atom stereocenters. The van der Waals surface area contributed by atoms with E-state index in [-0.39, 0.29) is 31.0 Å². The first-order chi connectivity index (χ1) is 15.5. The van der Waals surface area contributed by atoms with Crippen LogP contribution in [-0.4, -0.2) is 12.4 Å². The fraction of sp³-hybridized carbons (Fsp3) is 0. The molecule has 0 amide bonds. The van der Waals surface area contributed by atoms with Gasteiger partial charge in [0.15, 0.2) is 0 Å². The molecule has 0 saturated heterocycles. The summed E-state index contributed by atoms with van der Waals surface area (Å²) in [6.07, 6.45) is 3.18. The van der Waals surface area contributed by atoms with Crippen LogP contribution in [0.1, 0.15) is 11.1 Å². The van der Waals surface area contributed by atoms with E-state index in [2.05, 4.69) is 41.8 Å². The Morgan fingerprint density at radius 1 is 0.515 bits per heavy atom. The molecule has 0 aliphatic carbocycles. The van der Waals surface area contributed by atoms with Gasteiger partial charge in [-0.15, -0.1) is 11.5 Å². The van der Waals surface area contributed by atoms with Gasteiger partial charge in [0.1, 0.15) is 0 Å². The Labute approximate surface area is 222 Å². The van der Waals surface area contributed by atoms with Gasteiger partial charge in [-0.25, -0.2) is 0 Å². The van der Waals surface area contributed by atoms with Gasteiger partial charge >= 0.3 is 19.5 Å². The molecule has 0 bridgehead atoms. The number of halogens is 2. The van der Waals surface area contributed by atoms with Gasteiger partial charge in [-0.2, -0.15) is 0 Å². The molecule has 33 heavy (non-hydrogen) atoms. The zero-order chi connectivity index (χ0) is 22.8.